The van der Waals surface area contributed by atoms with E-state index in [4.69, 9.17) is 11.6 Å². The van der Waals surface area contributed by atoms with Crippen LogP contribution in [0.3, 0.4) is 0 Å². The zero-order valence-electron chi connectivity index (χ0n) is 17.9. The molecule has 0 unspecified atom stereocenters. The number of rotatable bonds is 5. The Bertz CT molecular complexity index is 905. The summed E-state index contributed by atoms with van der Waals surface area (Å²) in [6.45, 7) is 2.39. The highest BCUT2D eigenvalue weighted by atomic mass is 35.5. The number of carbonyl (C=O) groups is 1. The minimum absolute atomic E-state index is 0.0602. The molecule has 5 heteroatoms. The summed E-state index contributed by atoms with van der Waals surface area (Å²) < 4.78 is 0. The van der Waals surface area contributed by atoms with Crippen LogP contribution in [0, 0.1) is 5.92 Å². The summed E-state index contributed by atoms with van der Waals surface area (Å²) >= 11 is 6.08. The van der Waals surface area contributed by atoms with E-state index in [9.17, 15) is 9.90 Å². The third-order valence-electron chi connectivity index (χ3n) is 7.74. The number of likely N-dealkylation sites (tertiary alicyclic amines) is 2. The molecule has 1 N–H and O–H groups in total. The Morgan fingerprint density at radius 2 is 1.68 bits per heavy atom. The minimum Gasteiger partial charge on any atom is -0.395 e. The molecule has 164 valence electrons. The molecule has 2 aromatic rings. The summed E-state index contributed by atoms with van der Waals surface area (Å²) in [4.78, 5) is 17.7. The Labute approximate surface area is 189 Å². The Morgan fingerprint density at radius 1 is 1.00 bits per heavy atom. The lowest BCUT2D eigenvalue weighted by Gasteiger charge is -2.71. The number of hydrogen-bond donors (Lipinski definition) is 1. The second-order valence-electron chi connectivity index (χ2n) is 9.53. The summed E-state index contributed by atoms with van der Waals surface area (Å²) in [5, 5.41) is 11.0. The predicted molar refractivity (Wildman–Crippen MR) is 123 cm³/mol. The molecule has 3 fully saturated rings. The number of halogens is 1. The van der Waals surface area contributed by atoms with E-state index in [1.807, 2.05) is 18.2 Å². The first kappa shape index (κ1) is 21.0. The fourth-order valence-electron chi connectivity index (χ4n) is 6.18. The number of benzene rings is 2. The molecule has 2 aliphatic heterocycles. The van der Waals surface area contributed by atoms with Crippen molar-refractivity contribution >= 4 is 17.5 Å². The predicted octanol–water partition coefficient (Wildman–Crippen LogP) is 4.46. The molecule has 5 rings (SSSR count). The van der Waals surface area contributed by atoms with Crippen molar-refractivity contribution in [2.45, 2.75) is 56.1 Å². The van der Waals surface area contributed by atoms with Crippen molar-refractivity contribution in [1.82, 2.24) is 9.80 Å². The van der Waals surface area contributed by atoms with Gasteiger partial charge < -0.3 is 10.0 Å². The van der Waals surface area contributed by atoms with Gasteiger partial charge in [0.25, 0.3) is 0 Å². The van der Waals surface area contributed by atoms with Gasteiger partial charge in [-0.3, -0.25) is 9.69 Å². The Kier molecular flexibility index (Phi) is 5.80. The molecule has 1 spiro atoms. The van der Waals surface area contributed by atoms with Crippen LogP contribution in [0.2, 0.25) is 5.02 Å². The number of hydrogen-bond acceptors (Lipinski definition) is 3. The van der Waals surface area contributed by atoms with Gasteiger partial charge >= 0.3 is 0 Å². The van der Waals surface area contributed by atoms with Crippen molar-refractivity contribution in [3.05, 3.63) is 70.7 Å². The lowest BCUT2D eigenvalue weighted by molar-refractivity contribution is -0.202. The van der Waals surface area contributed by atoms with Crippen LogP contribution < -0.4 is 0 Å². The molecule has 2 atom stereocenters. The zero-order valence-corrected chi connectivity index (χ0v) is 18.7. The smallest absolute Gasteiger partial charge is 0.225 e. The molecule has 0 aromatic heterocycles. The number of nitrogens with zero attached hydrogens (tertiary/aromatic N) is 2. The van der Waals surface area contributed by atoms with Crippen LogP contribution in [0.4, 0.5) is 0 Å². The van der Waals surface area contributed by atoms with Crippen LogP contribution in [0.5, 0.6) is 0 Å². The molecule has 4 nitrogen and oxygen atoms in total. The molecule has 2 saturated heterocycles. The number of amides is 1. The van der Waals surface area contributed by atoms with Gasteiger partial charge in [-0.15, -0.1) is 0 Å². The summed E-state index contributed by atoms with van der Waals surface area (Å²) in [5.41, 5.74) is 2.35. The minimum atomic E-state index is -0.0985. The van der Waals surface area contributed by atoms with E-state index in [2.05, 4.69) is 46.2 Å². The Balaban J connectivity index is 1.39. The molecule has 1 saturated carbocycles. The fraction of sp³-hybridized carbons (Fsp3) is 0.500. The van der Waals surface area contributed by atoms with E-state index < -0.39 is 0 Å². The monoisotopic (exact) mass is 438 g/mol. The van der Waals surface area contributed by atoms with Crippen molar-refractivity contribution < 1.29 is 9.90 Å². The average Bonchev–Trinajstić information content (AvgIpc) is 2.78. The fourth-order valence-corrected chi connectivity index (χ4v) is 6.31. The highest BCUT2D eigenvalue weighted by molar-refractivity contribution is 6.30. The van der Waals surface area contributed by atoms with E-state index in [0.717, 1.165) is 37.5 Å². The van der Waals surface area contributed by atoms with Crippen molar-refractivity contribution in [3.8, 4) is 0 Å². The molecule has 0 radical (unpaired) electrons. The Hall–Kier alpha value is -1.88. The van der Waals surface area contributed by atoms with Gasteiger partial charge in [-0.1, -0.05) is 73.3 Å². The molecule has 2 heterocycles. The standard InChI is InChI=1S/C26H31ClN2O2/c27-22-13-11-19(12-14-22)15-29-23(16-30)24(20-7-3-1-4-8-20)26(29)17-28(18-26)25(31)21-9-5-2-6-10-21/h1,3-4,7-8,11-14,21,23-24,30H,2,5-6,9-10,15-18H2/t23-,24+/m0/s1. The van der Waals surface area contributed by atoms with E-state index in [1.165, 1.54) is 30.4 Å². The van der Waals surface area contributed by atoms with Crippen molar-refractivity contribution in [1.29, 1.82) is 0 Å². The van der Waals surface area contributed by atoms with Crippen LogP contribution >= 0.6 is 11.6 Å². The maximum atomic E-state index is 13.1. The van der Waals surface area contributed by atoms with Gasteiger partial charge in [0.1, 0.15) is 0 Å². The van der Waals surface area contributed by atoms with Crippen LogP contribution in [-0.2, 0) is 11.3 Å². The maximum absolute atomic E-state index is 13.1. The van der Waals surface area contributed by atoms with Gasteiger partial charge in [0.15, 0.2) is 0 Å². The first-order chi connectivity index (χ1) is 15.1. The van der Waals surface area contributed by atoms with Crippen LogP contribution in [0.25, 0.3) is 0 Å². The second kappa shape index (κ2) is 8.57. The van der Waals surface area contributed by atoms with Gasteiger partial charge in [0.2, 0.25) is 5.91 Å². The van der Waals surface area contributed by atoms with Crippen LogP contribution in [0.1, 0.15) is 49.1 Å². The van der Waals surface area contributed by atoms with Crippen LogP contribution in [-0.4, -0.2) is 52.1 Å². The van der Waals surface area contributed by atoms with Gasteiger partial charge in [0.05, 0.1) is 12.1 Å². The first-order valence-corrected chi connectivity index (χ1v) is 12.0. The summed E-state index contributed by atoms with van der Waals surface area (Å²) in [7, 11) is 0. The van der Waals surface area contributed by atoms with Crippen molar-refractivity contribution in [2.75, 3.05) is 19.7 Å². The highest BCUT2D eigenvalue weighted by Crippen LogP contribution is 2.54. The molecule has 1 aliphatic carbocycles. The lowest BCUT2D eigenvalue weighted by Crippen LogP contribution is -2.84. The molecule has 2 aromatic carbocycles. The average molecular weight is 439 g/mol. The Morgan fingerprint density at radius 3 is 2.32 bits per heavy atom. The molecular weight excluding hydrogens is 408 g/mol. The van der Waals surface area contributed by atoms with E-state index in [0.29, 0.717) is 5.91 Å². The van der Waals surface area contributed by atoms with Gasteiger partial charge in [-0.25, -0.2) is 0 Å². The molecule has 31 heavy (non-hydrogen) atoms. The molecule has 3 aliphatic rings. The van der Waals surface area contributed by atoms with Gasteiger partial charge in [-0.05, 0) is 36.1 Å². The number of carbonyl (C=O) groups excluding carboxylic acids is 1. The molecule has 1 amide bonds. The van der Waals surface area contributed by atoms with Gasteiger partial charge in [0, 0.05) is 42.5 Å². The summed E-state index contributed by atoms with van der Waals surface area (Å²) in [6.07, 6.45) is 5.70. The van der Waals surface area contributed by atoms with Crippen molar-refractivity contribution in [3.63, 3.8) is 0 Å². The normalized spacial score (nSPS) is 25.8. The lowest BCUT2D eigenvalue weighted by atomic mass is 9.60. The maximum Gasteiger partial charge on any atom is 0.225 e. The quantitative estimate of drug-likeness (QED) is 0.749. The highest BCUT2D eigenvalue weighted by Gasteiger charge is 2.66. The SMILES string of the molecule is O=C(C1CCCCC1)N1CC2(C1)[C@H](c1ccccc1)[C@H](CO)N2Cc1ccc(Cl)cc1. The molecular formula is C26H31ClN2O2. The van der Waals surface area contributed by atoms with Crippen molar-refractivity contribution in [2.24, 2.45) is 5.92 Å². The number of aliphatic hydroxyl groups is 1. The van der Waals surface area contributed by atoms with E-state index >= 15 is 0 Å². The van der Waals surface area contributed by atoms with E-state index in [-0.39, 0.29) is 30.0 Å². The third kappa shape index (κ3) is 3.69. The zero-order chi connectivity index (χ0) is 21.4. The summed E-state index contributed by atoms with van der Waals surface area (Å²) in [6, 6.07) is 18.5. The van der Waals surface area contributed by atoms with Gasteiger partial charge in [-0.2, -0.15) is 0 Å². The van der Waals surface area contributed by atoms with Crippen LogP contribution in [0.15, 0.2) is 54.6 Å². The number of aliphatic hydroxyl groups excluding tert-OH is 1. The van der Waals surface area contributed by atoms with E-state index in [1.54, 1.807) is 0 Å². The first-order valence-electron chi connectivity index (χ1n) is 11.6. The topological polar surface area (TPSA) is 43.8 Å². The second-order valence-corrected chi connectivity index (χ2v) is 9.96. The molecule has 0 bridgehead atoms. The summed E-state index contributed by atoms with van der Waals surface area (Å²) in [5.74, 6) is 0.789. The largest absolute Gasteiger partial charge is 0.395 e. The third-order valence-corrected chi connectivity index (χ3v) is 8.00.